The Bertz CT molecular complexity index is 330. The van der Waals surface area contributed by atoms with Crippen LogP contribution in [-0.4, -0.2) is 17.7 Å². The largest absolute Gasteiger partial charge is 0.387 e. The number of halogens is 2. The average molecular weight is 293 g/mol. The molecule has 84 valence electrons. The molecule has 0 aromatic heterocycles. The molecule has 2 nitrogen and oxygen atoms in total. The molecule has 0 spiro atoms. The quantitative estimate of drug-likeness (QED) is 0.893. The second-order valence-electron chi connectivity index (χ2n) is 3.75. The number of hydrogen-bond acceptors (Lipinski definition) is 2. The number of aliphatic hydroxyl groups is 1. The Morgan fingerprint density at radius 3 is 2.67 bits per heavy atom. The van der Waals surface area contributed by atoms with Gasteiger partial charge in [-0.2, -0.15) is 0 Å². The van der Waals surface area contributed by atoms with Crippen LogP contribution in [0.15, 0.2) is 22.7 Å². The van der Waals surface area contributed by atoms with Gasteiger partial charge in [-0.05, 0) is 33.6 Å². The minimum absolute atomic E-state index is 0.371. The van der Waals surface area contributed by atoms with Crippen molar-refractivity contribution in [3.8, 4) is 0 Å². The van der Waals surface area contributed by atoms with E-state index in [1.54, 1.807) is 6.07 Å². The first-order valence-corrected chi connectivity index (χ1v) is 6.04. The normalized spacial score (nSPS) is 13.2. The van der Waals surface area contributed by atoms with Gasteiger partial charge in [-0.1, -0.05) is 31.5 Å². The van der Waals surface area contributed by atoms with Crippen molar-refractivity contribution in [2.24, 2.45) is 0 Å². The van der Waals surface area contributed by atoms with Crippen molar-refractivity contribution in [1.82, 2.24) is 5.32 Å². The molecule has 0 radical (unpaired) electrons. The van der Waals surface area contributed by atoms with Gasteiger partial charge in [-0.25, -0.2) is 0 Å². The lowest BCUT2D eigenvalue weighted by molar-refractivity contribution is 0.171. The number of aliphatic hydroxyl groups excluding tert-OH is 1. The van der Waals surface area contributed by atoms with Crippen molar-refractivity contribution in [2.45, 2.75) is 26.0 Å². The highest BCUT2D eigenvalue weighted by Gasteiger charge is 2.09. The lowest BCUT2D eigenvalue weighted by Gasteiger charge is -2.14. The maximum absolute atomic E-state index is 9.86. The summed E-state index contributed by atoms with van der Waals surface area (Å²) < 4.78 is 0.810. The maximum atomic E-state index is 9.86. The first-order valence-electron chi connectivity index (χ1n) is 4.87. The molecule has 1 atom stereocenters. The van der Waals surface area contributed by atoms with E-state index in [4.69, 9.17) is 11.6 Å². The summed E-state index contributed by atoms with van der Waals surface area (Å²) in [7, 11) is 0. The van der Waals surface area contributed by atoms with Crippen LogP contribution in [0.3, 0.4) is 0 Å². The van der Waals surface area contributed by atoms with E-state index in [1.807, 2.05) is 26.0 Å². The molecular weight excluding hydrogens is 277 g/mol. The summed E-state index contributed by atoms with van der Waals surface area (Å²) in [6.07, 6.45) is -0.499. The van der Waals surface area contributed by atoms with Crippen LogP contribution in [0.4, 0.5) is 0 Å². The molecule has 15 heavy (non-hydrogen) atoms. The molecule has 2 N–H and O–H groups in total. The molecule has 0 fully saturated rings. The van der Waals surface area contributed by atoms with Crippen molar-refractivity contribution < 1.29 is 5.11 Å². The number of hydrogen-bond donors (Lipinski definition) is 2. The fourth-order valence-corrected chi connectivity index (χ4v) is 1.70. The fourth-order valence-electron chi connectivity index (χ4n) is 1.18. The molecule has 0 amide bonds. The minimum atomic E-state index is -0.499. The second kappa shape index (κ2) is 5.85. The SMILES string of the molecule is CC(C)NCC(O)c1ccc(Cl)c(Br)c1. The molecule has 0 aliphatic rings. The fraction of sp³-hybridized carbons (Fsp3) is 0.455. The zero-order valence-electron chi connectivity index (χ0n) is 8.80. The van der Waals surface area contributed by atoms with E-state index in [2.05, 4.69) is 21.2 Å². The van der Waals surface area contributed by atoms with Crippen LogP contribution in [0.2, 0.25) is 5.02 Å². The van der Waals surface area contributed by atoms with E-state index < -0.39 is 6.10 Å². The summed E-state index contributed by atoms with van der Waals surface area (Å²) in [6, 6.07) is 5.82. The van der Waals surface area contributed by atoms with E-state index in [0.717, 1.165) is 10.0 Å². The highest BCUT2D eigenvalue weighted by Crippen LogP contribution is 2.25. The topological polar surface area (TPSA) is 32.3 Å². The molecule has 0 bridgehead atoms. The third-order valence-corrected chi connectivity index (χ3v) is 3.26. The van der Waals surface area contributed by atoms with Gasteiger partial charge in [-0.3, -0.25) is 0 Å². The van der Waals surface area contributed by atoms with Crippen LogP contribution in [0.25, 0.3) is 0 Å². The minimum Gasteiger partial charge on any atom is -0.387 e. The van der Waals surface area contributed by atoms with Crippen molar-refractivity contribution in [3.05, 3.63) is 33.3 Å². The van der Waals surface area contributed by atoms with Gasteiger partial charge in [0.1, 0.15) is 0 Å². The molecule has 1 rings (SSSR count). The van der Waals surface area contributed by atoms with Gasteiger partial charge in [0.2, 0.25) is 0 Å². The van der Waals surface area contributed by atoms with E-state index in [1.165, 1.54) is 0 Å². The molecule has 1 aromatic carbocycles. The molecule has 1 unspecified atom stereocenters. The van der Waals surface area contributed by atoms with E-state index in [9.17, 15) is 5.11 Å². The third kappa shape index (κ3) is 4.11. The van der Waals surface area contributed by atoms with Crippen LogP contribution in [0.5, 0.6) is 0 Å². The van der Waals surface area contributed by atoms with Gasteiger partial charge in [0.15, 0.2) is 0 Å². The van der Waals surface area contributed by atoms with Crippen LogP contribution in [-0.2, 0) is 0 Å². The Kier molecular flexibility index (Phi) is 5.06. The number of rotatable bonds is 4. The maximum Gasteiger partial charge on any atom is 0.0914 e. The Labute approximate surface area is 104 Å². The van der Waals surface area contributed by atoms with Crippen LogP contribution >= 0.6 is 27.5 Å². The first-order chi connectivity index (χ1) is 7.00. The lowest BCUT2D eigenvalue weighted by atomic mass is 10.1. The monoisotopic (exact) mass is 291 g/mol. The predicted molar refractivity (Wildman–Crippen MR) is 67.3 cm³/mol. The summed E-state index contributed by atoms with van der Waals surface area (Å²) >= 11 is 9.20. The summed E-state index contributed by atoms with van der Waals surface area (Å²) in [4.78, 5) is 0. The molecule has 4 heteroatoms. The van der Waals surface area contributed by atoms with Crippen molar-refractivity contribution in [3.63, 3.8) is 0 Å². The van der Waals surface area contributed by atoms with Gasteiger partial charge in [0.05, 0.1) is 11.1 Å². The summed E-state index contributed by atoms with van der Waals surface area (Å²) in [5.41, 5.74) is 0.861. The van der Waals surface area contributed by atoms with Crippen molar-refractivity contribution in [2.75, 3.05) is 6.54 Å². The van der Waals surface area contributed by atoms with Crippen molar-refractivity contribution in [1.29, 1.82) is 0 Å². The van der Waals surface area contributed by atoms with Crippen LogP contribution in [0.1, 0.15) is 25.5 Å². The zero-order valence-corrected chi connectivity index (χ0v) is 11.1. The second-order valence-corrected chi connectivity index (χ2v) is 5.01. The van der Waals surface area contributed by atoms with Gasteiger partial charge in [0.25, 0.3) is 0 Å². The van der Waals surface area contributed by atoms with Gasteiger partial charge < -0.3 is 10.4 Å². The Morgan fingerprint density at radius 1 is 1.47 bits per heavy atom. The molecule has 0 saturated heterocycles. The summed E-state index contributed by atoms with van der Waals surface area (Å²) in [5, 5.41) is 13.7. The molecular formula is C11H15BrClNO. The van der Waals surface area contributed by atoms with Crippen molar-refractivity contribution >= 4 is 27.5 Å². The molecule has 0 heterocycles. The van der Waals surface area contributed by atoms with Gasteiger partial charge in [-0.15, -0.1) is 0 Å². The summed E-state index contributed by atoms with van der Waals surface area (Å²) in [5.74, 6) is 0. The Balaban J connectivity index is 2.65. The molecule has 0 aliphatic carbocycles. The van der Waals surface area contributed by atoms with Crippen LogP contribution in [0, 0.1) is 0 Å². The number of benzene rings is 1. The highest BCUT2D eigenvalue weighted by molar-refractivity contribution is 9.10. The average Bonchev–Trinajstić information content (AvgIpc) is 2.18. The standard InChI is InChI=1S/C11H15BrClNO/c1-7(2)14-6-11(15)8-3-4-10(13)9(12)5-8/h3-5,7,11,14-15H,6H2,1-2H3. The molecule has 0 saturated carbocycles. The molecule has 1 aromatic rings. The molecule has 0 aliphatic heterocycles. The van der Waals surface area contributed by atoms with E-state index >= 15 is 0 Å². The third-order valence-electron chi connectivity index (χ3n) is 2.05. The van der Waals surface area contributed by atoms with E-state index in [0.29, 0.717) is 17.6 Å². The summed E-state index contributed by atoms with van der Waals surface area (Å²) in [6.45, 7) is 4.64. The highest BCUT2D eigenvalue weighted by atomic mass is 79.9. The first kappa shape index (κ1) is 13.0. The zero-order chi connectivity index (χ0) is 11.4. The van der Waals surface area contributed by atoms with Gasteiger partial charge >= 0.3 is 0 Å². The number of nitrogens with one attached hydrogen (secondary N) is 1. The Hall–Kier alpha value is -0.0900. The smallest absolute Gasteiger partial charge is 0.0914 e. The Morgan fingerprint density at radius 2 is 2.13 bits per heavy atom. The van der Waals surface area contributed by atoms with Gasteiger partial charge in [0, 0.05) is 17.1 Å². The lowest BCUT2D eigenvalue weighted by Crippen LogP contribution is -2.27. The van der Waals surface area contributed by atoms with Crippen LogP contribution < -0.4 is 5.32 Å². The van der Waals surface area contributed by atoms with E-state index in [-0.39, 0.29) is 0 Å². The predicted octanol–water partition coefficient (Wildman–Crippen LogP) is 3.13.